The molecule has 31 heteroatoms. The Kier molecular flexibility index (Phi) is 24.0. The number of halogens is 24. The maximum atomic E-state index is 15.7. The summed E-state index contributed by atoms with van der Waals surface area (Å²) < 4.78 is 359. The molecule has 0 aliphatic rings. The number of quaternary nitrogens is 1. The van der Waals surface area contributed by atoms with Crippen LogP contribution in [0.2, 0.25) is 0 Å². The second-order valence-corrected chi connectivity index (χ2v) is 18.7. The van der Waals surface area contributed by atoms with Crippen LogP contribution in [0.25, 0.3) is 0 Å². The zero-order chi connectivity index (χ0) is 63.6. The van der Waals surface area contributed by atoms with Crippen LogP contribution in [-0.4, -0.2) is 44.3 Å². The molecule has 0 spiro atoms. The van der Waals surface area contributed by atoms with Gasteiger partial charge in [-0.2, -0.15) is 124 Å². The van der Waals surface area contributed by atoms with Gasteiger partial charge < -0.3 is 23.4 Å². The number of alkyl halides is 24. The summed E-state index contributed by atoms with van der Waals surface area (Å²) in [7, 11) is -3.38. The lowest BCUT2D eigenvalue weighted by atomic mass is 9.88. The van der Waals surface area contributed by atoms with Gasteiger partial charge in [-0.3, -0.25) is 4.48 Å². The third kappa shape index (κ3) is 19.8. The number of rotatable bonds is 23. The summed E-state index contributed by atoms with van der Waals surface area (Å²) in [5, 5.41) is 0. The highest BCUT2D eigenvalue weighted by Gasteiger charge is 2.59. The molecule has 83 heavy (non-hydrogen) atoms. The summed E-state index contributed by atoms with van der Waals surface area (Å²) >= 11 is 0. The Hall–Kier alpha value is -5.46. The van der Waals surface area contributed by atoms with E-state index in [2.05, 4.69) is 0 Å². The van der Waals surface area contributed by atoms with Crippen molar-refractivity contribution in [1.82, 2.24) is 0 Å². The molecule has 0 saturated carbocycles. The Morgan fingerprint density at radius 2 is 0.771 bits per heavy atom. The monoisotopic (exact) mass is 1240 g/mol. The molecule has 2 atom stereocenters. The van der Waals surface area contributed by atoms with Crippen molar-refractivity contribution in [3.63, 3.8) is 0 Å². The second-order valence-electron chi connectivity index (χ2n) is 18.7. The van der Waals surface area contributed by atoms with Crippen LogP contribution in [0.3, 0.4) is 0 Å². The van der Waals surface area contributed by atoms with E-state index in [4.69, 9.17) is 23.4 Å². The number of hydrogen-bond acceptors (Lipinski definition) is 5. The van der Waals surface area contributed by atoms with Crippen molar-refractivity contribution in [3.8, 4) is 17.2 Å². The largest absolute Gasteiger partial charge is 0.864 e. The molecule has 0 bridgehead atoms. The fraction of sp³-hybridized carbons (Fsp3) is 0.538. The highest BCUT2D eigenvalue weighted by molar-refractivity contribution is 6.39. The van der Waals surface area contributed by atoms with Crippen LogP contribution in [0.4, 0.5) is 105 Å². The number of ether oxygens (including phenoxy) is 2. The predicted octanol–water partition coefficient (Wildman–Crippen LogP) is 19.4. The van der Waals surface area contributed by atoms with Crippen LogP contribution in [0.5, 0.6) is 17.2 Å². The summed E-state index contributed by atoms with van der Waals surface area (Å²) in [6.45, 7) is 8.74. The van der Waals surface area contributed by atoms with Crippen LogP contribution in [0.1, 0.15) is 143 Å². The molecule has 0 aliphatic carbocycles. The first-order valence-corrected chi connectivity index (χ1v) is 25.0. The smallest absolute Gasteiger partial charge is 0.490 e. The Bertz CT molecular complexity index is 2510. The van der Waals surface area contributed by atoms with E-state index in [0.29, 0.717) is 44.2 Å². The molecule has 0 heterocycles. The maximum absolute atomic E-state index is 15.7. The molecule has 468 valence electrons. The fourth-order valence-corrected chi connectivity index (χ4v) is 8.45. The van der Waals surface area contributed by atoms with Gasteiger partial charge in [0, 0.05) is 13.8 Å². The zero-order valence-corrected chi connectivity index (χ0v) is 44.6. The topological polar surface area (TPSA) is 46.2 Å². The van der Waals surface area contributed by atoms with E-state index in [1.54, 1.807) is 26.8 Å². The fourth-order valence-electron chi connectivity index (χ4n) is 8.45. The van der Waals surface area contributed by atoms with Crippen LogP contribution in [-0.2, 0) is 64.6 Å². The van der Waals surface area contributed by atoms with Gasteiger partial charge in [0.1, 0.15) is 17.2 Å². The van der Waals surface area contributed by atoms with Crippen molar-refractivity contribution in [2.75, 3.05) is 26.3 Å². The van der Waals surface area contributed by atoms with Gasteiger partial charge in [-0.1, -0.05) is 51.7 Å². The van der Waals surface area contributed by atoms with Crippen molar-refractivity contribution < 1.29 is 133 Å². The van der Waals surface area contributed by atoms with Crippen LogP contribution in [0, 0.1) is 6.07 Å². The van der Waals surface area contributed by atoms with E-state index in [1.807, 2.05) is 0 Å². The highest BCUT2D eigenvalue weighted by Crippen LogP contribution is 2.52. The van der Waals surface area contributed by atoms with E-state index in [1.165, 1.54) is 13.8 Å². The number of hydrogen-bond donors (Lipinski definition) is 0. The number of nitrogens with zero attached hydrogens (tertiary/aromatic N) is 1. The van der Waals surface area contributed by atoms with Crippen LogP contribution < -0.4 is 14.0 Å². The summed E-state index contributed by atoms with van der Waals surface area (Å²) in [5.74, 6) is -4.85. The van der Waals surface area contributed by atoms with Crippen LogP contribution >= 0.6 is 0 Å². The summed E-state index contributed by atoms with van der Waals surface area (Å²) in [5.41, 5.74) is -19.3. The van der Waals surface area contributed by atoms with Crippen molar-refractivity contribution >= 4 is 7.32 Å². The molecule has 0 saturated heterocycles. The summed E-state index contributed by atoms with van der Waals surface area (Å²) in [6.07, 6.45) is -41.9. The minimum Gasteiger partial charge on any atom is -0.490 e. The van der Waals surface area contributed by atoms with Gasteiger partial charge in [0.15, 0.2) is 6.23 Å². The lowest BCUT2D eigenvalue weighted by Gasteiger charge is -2.55. The molecule has 4 rings (SSSR count). The second kappa shape index (κ2) is 27.7. The molecule has 0 fully saturated rings. The van der Waals surface area contributed by atoms with Gasteiger partial charge in [0.05, 0.1) is 65.2 Å². The SMILES string of the molecule is CCCCC[N+](CCCCC)(C(C)OCCC)C(C)(OCCC)c1c(OB(Oc2cc(C(F)(F)F)cc(C(F)(F)F)c2)Oc2cc(C(F)(F)F)cc(C(F)(F)F)c2)cc(C(F)(F)F)cc1C(F)(F)F.FC(F)(F)c1c[c-]cc(C(F)(F)F)c1. The minimum atomic E-state index is -5.80. The average Bonchev–Trinajstić information content (AvgIpc) is 3.00. The van der Waals surface area contributed by atoms with Gasteiger partial charge in [0.25, 0.3) is 0 Å². The Morgan fingerprint density at radius 1 is 0.422 bits per heavy atom. The molecular weight excluding hydrogens is 1190 g/mol. The lowest BCUT2D eigenvalue weighted by molar-refractivity contribution is -1.04. The molecule has 0 N–H and O–H groups in total. The molecule has 4 aromatic carbocycles. The molecule has 0 aliphatic heterocycles. The van der Waals surface area contributed by atoms with E-state index >= 15 is 13.2 Å². The third-order valence-corrected chi connectivity index (χ3v) is 12.5. The third-order valence-electron chi connectivity index (χ3n) is 12.5. The molecule has 6 nitrogen and oxygen atoms in total. The van der Waals surface area contributed by atoms with E-state index in [9.17, 15) is 92.2 Å². The normalized spacial score (nSPS) is 14.4. The van der Waals surface area contributed by atoms with Gasteiger partial charge in [-0.05, 0) is 87.1 Å². The minimum absolute atomic E-state index is 0.00730. The van der Waals surface area contributed by atoms with E-state index < -0.39 is 159 Å². The highest BCUT2D eigenvalue weighted by atomic mass is 19.4. The van der Waals surface area contributed by atoms with Gasteiger partial charge >= 0.3 is 56.7 Å². The first kappa shape index (κ1) is 71.8. The molecule has 2 unspecified atom stereocenters. The molecule has 0 radical (unpaired) electrons. The quantitative estimate of drug-likeness (QED) is 0.0185. The van der Waals surface area contributed by atoms with Crippen molar-refractivity contribution in [2.24, 2.45) is 0 Å². The molecule has 0 aromatic heterocycles. The molecule has 0 amide bonds. The first-order chi connectivity index (χ1) is 37.8. The van der Waals surface area contributed by atoms with Gasteiger partial charge in [-0.15, -0.1) is 6.07 Å². The number of unbranched alkanes of at least 4 members (excludes halogenated alkanes) is 4. The lowest BCUT2D eigenvalue weighted by Crippen LogP contribution is -2.68. The predicted molar refractivity (Wildman–Crippen MR) is 251 cm³/mol. The maximum Gasteiger partial charge on any atom is 0.864 e. The van der Waals surface area contributed by atoms with Crippen molar-refractivity contribution in [1.29, 1.82) is 0 Å². The zero-order valence-electron chi connectivity index (χ0n) is 44.6. The Balaban J connectivity index is 0.00000112. The van der Waals surface area contributed by atoms with Gasteiger partial charge in [0.2, 0.25) is 5.72 Å². The Labute approximate surface area is 460 Å². The van der Waals surface area contributed by atoms with Crippen molar-refractivity contribution in [3.05, 3.63) is 123 Å². The average molecular weight is 1240 g/mol. The van der Waals surface area contributed by atoms with Crippen LogP contribution in [0.15, 0.2) is 66.7 Å². The van der Waals surface area contributed by atoms with Gasteiger partial charge in [-0.25, -0.2) is 0 Å². The van der Waals surface area contributed by atoms with E-state index in [0.717, 1.165) is 6.92 Å². The standard InChI is InChI=1S/C44H51BF18NO5.C8H3F6/c1-7-11-13-15-64(16-14-12-8-2,27(5)65-17-9-3)38(6,66-18-10-4)37-35(44(61,62)63)25-32(43(58,59)60)26-36(37)69-45(67-33-21-28(39(46,47)48)19-29(22-33)40(49,50)51)68-34-23-30(41(52,53)54)20-31(24-34)42(55,56)57;9-7(10,11)5-2-1-3-6(4-5)8(12,13)14/h19-27H,7-18H2,1-6H3;2-4H/q+1;-1. The summed E-state index contributed by atoms with van der Waals surface area (Å²) in [6, 6.07) is 0.922. The molecular formula is C52H54BF24NO5. The Morgan fingerprint density at radius 3 is 1.10 bits per heavy atom. The molecule has 4 aromatic rings. The number of benzene rings is 4. The first-order valence-electron chi connectivity index (χ1n) is 25.0. The summed E-state index contributed by atoms with van der Waals surface area (Å²) in [4.78, 5) is 0. The van der Waals surface area contributed by atoms with Crippen molar-refractivity contribution in [2.45, 2.75) is 154 Å². The van der Waals surface area contributed by atoms with E-state index in [-0.39, 0.29) is 81.4 Å².